The number of hydrogen-bond donors (Lipinski definition) is 2. The standard InChI is InChI=1S/C19H31N3O2/c1-2-11-21-12-6-10-18(16-21)20-19(24)22(13-7-14-23)15-17-8-4-3-5-9-17/h3-5,8-9,18,23H,2,6-7,10-16H2,1H3,(H,20,24). The summed E-state index contributed by atoms with van der Waals surface area (Å²) in [6.07, 6.45) is 3.94. The predicted octanol–water partition coefficient (Wildman–Crippen LogP) is 2.46. The van der Waals surface area contributed by atoms with Crippen molar-refractivity contribution < 1.29 is 9.90 Å². The Balaban J connectivity index is 1.91. The molecule has 1 aliphatic heterocycles. The normalized spacial score (nSPS) is 18.3. The molecule has 0 radical (unpaired) electrons. The number of urea groups is 1. The van der Waals surface area contributed by atoms with Gasteiger partial charge >= 0.3 is 6.03 Å². The Hall–Kier alpha value is -1.59. The molecule has 24 heavy (non-hydrogen) atoms. The monoisotopic (exact) mass is 333 g/mol. The second kappa shape index (κ2) is 10.3. The maximum Gasteiger partial charge on any atom is 0.317 e. The van der Waals surface area contributed by atoms with E-state index in [1.54, 1.807) is 0 Å². The quantitative estimate of drug-likeness (QED) is 0.768. The number of rotatable bonds is 8. The van der Waals surface area contributed by atoms with Crippen LogP contribution < -0.4 is 5.32 Å². The van der Waals surface area contributed by atoms with Crippen molar-refractivity contribution in [3.63, 3.8) is 0 Å². The Labute approximate surface area is 145 Å². The van der Waals surface area contributed by atoms with Crippen molar-refractivity contribution in [2.24, 2.45) is 0 Å². The minimum Gasteiger partial charge on any atom is -0.396 e. The first-order chi connectivity index (χ1) is 11.7. The van der Waals surface area contributed by atoms with Gasteiger partial charge in [0.1, 0.15) is 0 Å². The summed E-state index contributed by atoms with van der Waals surface area (Å²) in [5.74, 6) is 0. The summed E-state index contributed by atoms with van der Waals surface area (Å²) in [5.41, 5.74) is 1.11. The van der Waals surface area contributed by atoms with Gasteiger partial charge in [-0.3, -0.25) is 0 Å². The van der Waals surface area contributed by atoms with Gasteiger partial charge in [0.05, 0.1) is 0 Å². The Morgan fingerprint density at radius 3 is 2.88 bits per heavy atom. The van der Waals surface area contributed by atoms with Crippen LogP contribution in [0.15, 0.2) is 30.3 Å². The zero-order valence-electron chi connectivity index (χ0n) is 14.8. The molecule has 2 N–H and O–H groups in total. The molecule has 0 spiro atoms. The molecule has 0 aliphatic carbocycles. The minimum atomic E-state index is -0.0179. The van der Waals surface area contributed by atoms with Crippen LogP contribution in [-0.2, 0) is 6.54 Å². The van der Waals surface area contributed by atoms with Crippen LogP contribution >= 0.6 is 0 Å². The summed E-state index contributed by atoms with van der Waals surface area (Å²) in [4.78, 5) is 16.9. The van der Waals surface area contributed by atoms with Gasteiger partial charge in [-0.15, -0.1) is 0 Å². The Morgan fingerprint density at radius 1 is 1.38 bits per heavy atom. The number of nitrogens with zero attached hydrogens (tertiary/aromatic N) is 2. The fourth-order valence-electron chi connectivity index (χ4n) is 3.28. The molecule has 1 unspecified atom stereocenters. The number of likely N-dealkylation sites (tertiary alicyclic amines) is 1. The van der Waals surface area contributed by atoms with Crippen molar-refractivity contribution in [2.45, 2.75) is 45.2 Å². The van der Waals surface area contributed by atoms with E-state index in [9.17, 15) is 4.79 Å². The largest absolute Gasteiger partial charge is 0.396 e. The van der Waals surface area contributed by atoms with Gasteiger partial charge in [-0.1, -0.05) is 37.3 Å². The summed E-state index contributed by atoms with van der Waals surface area (Å²) >= 11 is 0. The van der Waals surface area contributed by atoms with Crippen LogP contribution in [0.4, 0.5) is 4.79 Å². The third kappa shape index (κ3) is 6.13. The summed E-state index contributed by atoms with van der Waals surface area (Å²) in [6.45, 7) is 6.63. The highest BCUT2D eigenvalue weighted by molar-refractivity contribution is 5.74. The van der Waals surface area contributed by atoms with Gasteiger partial charge < -0.3 is 20.2 Å². The highest BCUT2D eigenvalue weighted by Crippen LogP contribution is 2.12. The Bertz CT molecular complexity index is 479. The topological polar surface area (TPSA) is 55.8 Å². The number of carbonyl (C=O) groups is 1. The number of carbonyl (C=O) groups excluding carboxylic acids is 1. The van der Waals surface area contributed by atoms with Crippen molar-refractivity contribution in [3.8, 4) is 0 Å². The molecule has 1 aromatic rings. The van der Waals surface area contributed by atoms with Gasteiger partial charge in [-0.05, 0) is 44.3 Å². The second-order valence-electron chi connectivity index (χ2n) is 6.57. The fourth-order valence-corrected chi connectivity index (χ4v) is 3.28. The fraction of sp³-hybridized carbons (Fsp3) is 0.632. The average molecular weight is 333 g/mol. The number of hydrogen-bond acceptors (Lipinski definition) is 3. The molecular formula is C19H31N3O2. The van der Waals surface area contributed by atoms with Gasteiger partial charge in [-0.25, -0.2) is 4.79 Å². The number of benzene rings is 1. The molecule has 0 bridgehead atoms. The molecule has 1 fully saturated rings. The molecule has 5 nitrogen and oxygen atoms in total. The predicted molar refractivity (Wildman–Crippen MR) is 96.8 cm³/mol. The molecule has 1 aromatic carbocycles. The molecule has 1 atom stereocenters. The zero-order valence-corrected chi connectivity index (χ0v) is 14.8. The van der Waals surface area contributed by atoms with E-state index in [1.807, 2.05) is 35.2 Å². The van der Waals surface area contributed by atoms with Crippen molar-refractivity contribution in [1.29, 1.82) is 0 Å². The lowest BCUT2D eigenvalue weighted by Gasteiger charge is -2.34. The summed E-state index contributed by atoms with van der Waals surface area (Å²) < 4.78 is 0. The SMILES string of the molecule is CCCN1CCCC(NC(=O)N(CCCO)Cc2ccccc2)C1. The first-order valence-electron chi connectivity index (χ1n) is 9.15. The van der Waals surface area contributed by atoms with Crippen LogP contribution in [0.25, 0.3) is 0 Å². The summed E-state index contributed by atoms with van der Waals surface area (Å²) in [7, 11) is 0. The van der Waals surface area contributed by atoms with E-state index in [2.05, 4.69) is 17.1 Å². The van der Waals surface area contributed by atoms with Crippen LogP contribution in [0.1, 0.15) is 38.2 Å². The molecule has 1 heterocycles. The van der Waals surface area contributed by atoms with E-state index in [0.717, 1.165) is 44.5 Å². The molecule has 1 aliphatic rings. The van der Waals surface area contributed by atoms with Gasteiger partial charge in [0, 0.05) is 32.3 Å². The highest BCUT2D eigenvalue weighted by atomic mass is 16.3. The molecule has 0 aromatic heterocycles. The van der Waals surface area contributed by atoms with Gasteiger partial charge in [0.15, 0.2) is 0 Å². The molecule has 1 saturated heterocycles. The van der Waals surface area contributed by atoms with E-state index in [-0.39, 0.29) is 18.7 Å². The maximum atomic E-state index is 12.7. The highest BCUT2D eigenvalue weighted by Gasteiger charge is 2.23. The van der Waals surface area contributed by atoms with E-state index in [1.165, 1.54) is 0 Å². The van der Waals surface area contributed by atoms with Gasteiger partial charge in [0.25, 0.3) is 0 Å². The molecular weight excluding hydrogens is 302 g/mol. The van der Waals surface area contributed by atoms with Crippen LogP contribution in [0, 0.1) is 0 Å². The third-order valence-electron chi connectivity index (χ3n) is 4.46. The van der Waals surface area contributed by atoms with E-state index in [0.29, 0.717) is 19.5 Å². The zero-order chi connectivity index (χ0) is 17.2. The Kier molecular flexibility index (Phi) is 8.05. The molecule has 134 valence electrons. The molecule has 2 rings (SSSR count). The van der Waals surface area contributed by atoms with E-state index >= 15 is 0 Å². The van der Waals surface area contributed by atoms with Gasteiger partial charge in [0.2, 0.25) is 0 Å². The molecule has 2 amide bonds. The number of piperidine rings is 1. The van der Waals surface area contributed by atoms with Crippen molar-refractivity contribution in [3.05, 3.63) is 35.9 Å². The smallest absolute Gasteiger partial charge is 0.317 e. The van der Waals surface area contributed by atoms with E-state index in [4.69, 9.17) is 5.11 Å². The molecule has 0 saturated carbocycles. The van der Waals surface area contributed by atoms with Crippen LogP contribution in [-0.4, -0.2) is 59.8 Å². The second-order valence-corrected chi connectivity index (χ2v) is 6.57. The average Bonchev–Trinajstić information content (AvgIpc) is 2.60. The van der Waals surface area contributed by atoms with Crippen molar-refractivity contribution in [2.75, 3.05) is 32.8 Å². The lowest BCUT2D eigenvalue weighted by Crippen LogP contribution is -2.51. The lowest BCUT2D eigenvalue weighted by molar-refractivity contribution is 0.161. The number of aliphatic hydroxyl groups is 1. The maximum absolute atomic E-state index is 12.7. The van der Waals surface area contributed by atoms with Crippen LogP contribution in [0.5, 0.6) is 0 Å². The van der Waals surface area contributed by atoms with Crippen LogP contribution in [0.2, 0.25) is 0 Å². The first-order valence-corrected chi connectivity index (χ1v) is 9.15. The van der Waals surface area contributed by atoms with E-state index < -0.39 is 0 Å². The van der Waals surface area contributed by atoms with Crippen LogP contribution in [0.3, 0.4) is 0 Å². The molecule has 5 heteroatoms. The lowest BCUT2D eigenvalue weighted by atomic mass is 10.1. The summed E-state index contributed by atoms with van der Waals surface area (Å²) in [6, 6.07) is 10.2. The summed E-state index contributed by atoms with van der Waals surface area (Å²) in [5, 5.41) is 12.3. The third-order valence-corrected chi connectivity index (χ3v) is 4.46. The number of amides is 2. The minimum absolute atomic E-state index is 0.0179. The van der Waals surface area contributed by atoms with Crippen molar-refractivity contribution >= 4 is 6.03 Å². The van der Waals surface area contributed by atoms with Gasteiger partial charge in [-0.2, -0.15) is 0 Å². The first kappa shape index (κ1) is 18.7. The Morgan fingerprint density at radius 2 is 2.17 bits per heavy atom. The number of nitrogens with one attached hydrogen (secondary N) is 1. The number of aliphatic hydroxyl groups excluding tert-OH is 1. The van der Waals surface area contributed by atoms with Crippen molar-refractivity contribution in [1.82, 2.24) is 15.1 Å².